The lowest BCUT2D eigenvalue weighted by Gasteiger charge is -2.28. The number of ether oxygens (including phenoxy) is 1. The number of nitrogens with zero attached hydrogens (tertiary/aromatic N) is 4. The topological polar surface area (TPSA) is 114 Å². The highest BCUT2D eigenvalue weighted by Gasteiger charge is 2.19. The van der Waals surface area contributed by atoms with Gasteiger partial charge in [0.05, 0.1) is 19.4 Å². The minimum atomic E-state index is -0.803. The number of amides is 2. The largest absolute Gasteiger partial charge is 0.378 e. The van der Waals surface area contributed by atoms with Gasteiger partial charge < -0.3 is 15.4 Å². The molecule has 3 N–H and O–H groups in total. The molecule has 0 saturated carbocycles. The van der Waals surface area contributed by atoms with Crippen molar-refractivity contribution in [1.82, 2.24) is 14.8 Å². The van der Waals surface area contributed by atoms with Gasteiger partial charge in [0.25, 0.3) is 5.56 Å². The number of aromatic nitrogens is 2. The van der Waals surface area contributed by atoms with E-state index >= 15 is 0 Å². The normalized spacial score (nSPS) is 15.2. The van der Waals surface area contributed by atoms with E-state index in [-0.39, 0.29) is 11.1 Å². The van der Waals surface area contributed by atoms with Crippen LogP contribution in [0.5, 0.6) is 0 Å². The lowest BCUT2D eigenvalue weighted by Crippen LogP contribution is -2.39. The number of pyridine rings is 1. The Hall–Kier alpha value is -2.94. The van der Waals surface area contributed by atoms with Gasteiger partial charge in [-0.2, -0.15) is 5.10 Å². The van der Waals surface area contributed by atoms with E-state index in [9.17, 15) is 9.59 Å². The summed E-state index contributed by atoms with van der Waals surface area (Å²) in [6.45, 7) is 2.37. The fourth-order valence-electron chi connectivity index (χ4n) is 2.38. The van der Waals surface area contributed by atoms with Gasteiger partial charge in [-0.05, 0) is 12.1 Å². The molecule has 9 nitrogen and oxygen atoms in total. The number of anilines is 1. The zero-order valence-electron chi connectivity index (χ0n) is 12.3. The van der Waals surface area contributed by atoms with Crippen LogP contribution in [0.2, 0.25) is 0 Å². The van der Waals surface area contributed by atoms with Crippen molar-refractivity contribution in [3.63, 3.8) is 0 Å². The number of rotatable bonds is 3. The molecule has 0 aromatic carbocycles. The molecule has 1 aliphatic rings. The zero-order chi connectivity index (χ0) is 16.2. The Morgan fingerprint density at radius 3 is 2.91 bits per heavy atom. The predicted molar refractivity (Wildman–Crippen MR) is 84.8 cm³/mol. The van der Waals surface area contributed by atoms with Crippen molar-refractivity contribution in [2.45, 2.75) is 0 Å². The van der Waals surface area contributed by atoms with E-state index in [1.54, 1.807) is 18.3 Å². The summed E-state index contributed by atoms with van der Waals surface area (Å²) in [7, 11) is 0. The number of urea groups is 1. The molecular weight excluding hydrogens is 300 g/mol. The zero-order valence-corrected chi connectivity index (χ0v) is 12.3. The molecule has 2 aromatic rings. The molecule has 1 fully saturated rings. The Bertz CT molecular complexity index is 810. The minimum Gasteiger partial charge on any atom is -0.378 e. The molecular formula is C14H16N6O3. The molecule has 0 spiro atoms. The highest BCUT2D eigenvalue weighted by atomic mass is 16.5. The van der Waals surface area contributed by atoms with Crippen LogP contribution in [-0.4, -0.2) is 47.9 Å². The molecule has 0 aliphatic carbocycles. The molecule has 0 radical (unpaired) electrons. The maximum atomic E-state index is 12.7. The fraction of sp³-hybridized carbons (Fsp3) is 0.286. The van der Waals surface area contributed by atoms with Crippen molar-refractivity contribution in [2.24, 2.45) is 10.8 Å². The molecule has 0 atom stereocenters. The van der Waals surface area contributed by atoms with Gasteiger partial charge >= 0.3 is 6.03 Å². The van der Waals surface area contributed by atoms with Crippen molar-refractivity contribution in [1.29, 1.82) is 0 Å². The number of nitrogens with one attached hydrogen (secondary N) is 1. The van der Waals surface area contributed by atoms with E-state index in [0.29, 0.717) is 37.8 Å². The molecule has 2 aromatic heterocycles. The van der Waals surface area contributed by atoms with Crippen molar-refractivity contribution in [3.05, 3.63) is 40.3 Å². The van der Waals surface area contributed by atoms with Crippen LogP contribution in [0.3, 0.4) is 0 Å². The van der Waals surface area contributed by atoms with E-state index in [1.807, 2.05) is 11.0 Å². The van der Waals surface area contributed by atoms with E-state index < -0.39 is 6.03 Å². The highest BCUT2D eigenvalue weighted by Crippen LogP contribution is 2.16. The Labute approximate surface area is 131 Å². The Morgan fingerprint density at radius 2 is 2.17 bits per heavy atom. The molecule has 9 heteroatoms. The van der Waals surface area contributed by atoms with Gasteiger partial charge in [0.2, 0.25) is 0 Å². The van der Waals surface area contributed by atoms with E-state index in [0.717, 1.165) is 0 Å². The first kappa shape index (κ1) is 15.0. The monoisotopic (exact) mass is 316 g/mol. The molecule has 0 unspecified atom stereocenters. The van der Waals surface area contributed by atoms with Gasteiger partial charge in [-0.15, -0.1) is 0 Å². The first-order valence-corrected chi connectivity index (χ1v) is 7.09. The summed E-state index contributed by atoms with van der Waals surface area (Å²) in [6.07, 6.45) is 2.90. The molecule has 1 saturated heterocycles. The number of nitrogens with two attached hydrogens (primary N) is 1. The quantitative estimate of drug-likeness (QED) is 0.587. The maximum Gasteiger partial charge on any atom is 0.332 e. The molecule has 0 bridgehead atoms. The van der Waals surface area contributed by atoms with Crippen LogP contribution in [0, 0.1) is 0 Å². The van der Waals surface area contributed by atoms with Crippen LogP contribution in [0.15, 0.2) is 34.3 Å². The second kappa shape index (κ2) is 6.44. The second-order valence-electron chi connectivity index (χ2n) is 4.92. The van der Waals surface area contributed by atoms with Gasteiger partial charge in [0.1, 0.15) is 17.0 Å². The Morgan fingerprint density at radius 1 is 1.39 bits per heavy atom. The number of hydrogen-bond donors (Lipinski definition) is 2. The summed E-state index contributed by atoms with van der Waals surface area (Å²) < 4.78 is 6.76. The molecule has 3 heterocycles. The molecule has 1 aliphatic heterocycles. The van der Waals surface area contributed by atoms with E-state index in [1.165, 1.54) is 10.6 Å². The van der Waals surface area contributed by atoms with Crippen LogP contribution in [0.25, 0.3) is 5.65 Å². The van der Waals surface area contributed by atoms with Crippen LogP contribution < -0.4 is 21.6 Å². The summed E-state index contributed by atoms with van der Waals surface area (Å²) in [5, 5.41) is 3.70. The third-order valence-corrected chi connectivity index (χ3v) is 3.43. The number of carbonyl (C=O) groups excluding carboxylic acids is 1. The van der Waals surface area contributed by atoms with Crippen LogP contribution in [-0.2, 0) is 4.74 Å². The van der Waals surface area contributed by atoms with E-state index in [4.69, 9.17) is 10.5 Å². The smallest absolute Gasteiger partial charge is 0.332 e. The fourth-order valence-corrected chi connectivity index (χ4v) is 2.38. The Kier molecular flexibility index (Phi) is 4.20. The SMILES string of the molecule is NC(=O)N/N=C\c1c(N2CCOCC2)nc2ccccn2c1=O. The van der Waals surface area contributed by atoms with Crippen LogP contribution in [0.4, 0.5) is 10.6 Å². The summed E-state index contributed by atoms with van der Waals surface area (Å²) in [4.78, 5) is 30.0. The number of carbonyl (C=O) groups is 1. The number of hydrogen-bond acceptors (Lipinski definition) is 6. The summed E-state index contributed by atoms with van der Waals surface area (Å²) in [6, 6.07) is 4.51. The number of morpholine rings is 1. The van der Waals surface area contributed by atoms with Crippen LogP contribution >= 0.6 is 0 Å². The van der Waals surface area contributed by atoms with Crippen molar-refractivity contribution < 1.29 is 9.53 Å². The number of fused-ring (bicyclic) bond motifs is 1. The van der Waals surface area contributed by atoms with Crippen molar-refractivity contribution >= 4 is 23.7 Å². The third kappa shape index (κ3) is 3.14. The van der Waals surface area contributed by atoms with Gasteiger partial charge in [-0.25, -0.2) is 15.2 Å². The van der Waals surface area contributed by atoms with Gasteiger partial charge in [-0.1, -0.05) is 6.07 Å². The average Bonchev–Trinajstić information content (AvgIpc) is 2.57. The average molecular weight is 316 g/mol. The molecule has 23 heavy (non-hydrogen) atoms. The summed E-state index contributed by atoms with van der Waals surface area (Å²) >= 11 is 0. The minimum absolute atomic E-state index is 0.271. The number of primary amides is 1. The predicted octanol–water partition coefficient (Wildman–Crippen LogP) is -0.467. The lowest BCUT2D eigenvalue weighted by atomic mass is 10.2. The van der Waals surface area contributed by atoms with Crippen molar-refractivity contribution in [3.8, 4) is 0 Å². The first-order valence-electron chi connectivity index (χ1n) is 7.09. The number of hydrazone groups is 1. The highest BCUT2D eigenvalue weighted by molar-refractivity contribution is 5.87. The van der Waals surface area contributed by atoms with Crippen LogP contribution in [0.1, 0.15) is 5.56 Å². The van der Waals surface area contributed by atoms with Gasteiger partial charge in [0, 0.05) is 19.3 Å². The standard InChI is InChI=1S/C14H16N6O3/c15-14(22)18-16-9-10-12(19-5-7-23-8-6-19)17-11-3-1-2-4-20(11)13(10)21/h1-4,9H,5-8H2,(H3,15,18,22)/b16-9-. The third-order valence-electron chi connectivity index (χ3n) is 3.43. The van der Waals surface area contributed by atoms with Gasteiger partial charge in [-0.3, -0.25) is 9.20 Å². The first-order chi connectivity index (χ1) is 11.2. The Balaban J connectivity index is 2.12. The summed E-state index contributed by atoms with van der Waals surface area (Å²) in [5.74, 6) is 0.513. The van der Waals surface area contributed by atoms with Gasteiger partial charge in [0.15, 0.2) is 0 Å². The lowest BCUT2D eigenvalue weighted by molar-refractivity contribution is 0.122. The van der Waals surface area contributed by atoms with E-state index in [2.05, 4.69) is 15.5 Å². The maximum absolute atomic E-state index is 12.7. The molecule has 3 rings (SSSR count). The summed E-state index contributed by atoms with van der Waals surface area (Å²) in [5.41, 5.74) is 7.62. The molecule has 2 amide bonds. The second-order valence-corrected chi connectivity index (χ2v) is 4.92. The van der Waals surface area contributed by atoms with Crippen molar-refractivity contribution in [2.75, 3.05) is 31.2 Å². The molecule has 120 valence electrons.